The largest absolute Gasteiger partial charge is 0.400 e. The second-order valence-electron chi connectivity index (χ2n) is 8.03. The third-order valence-corrected chi connectivity index (χ3v) is 7.54. The van der Waals surface area contributed by atoms with Gasteiger partial charge in [-0.15, -0.1) is 0 Å². The van der Waals surface area contributed by atoms with Crippen LogP contribution in [0, 0.1) is 0 Å². The lowest BCUT2D eigenvalue weighted by atomic mass is 9.76. The van der Waals surface area contributed by atoms with Gasteiger partial charge in [-0.05, 0) is 40.5 Å². The number of nitrogens with zero attached hydrogens (tertiary/aromatic N) is 1. The van der Waals surface area contributed by atoms with Gasteiger partial charge in [-0.25, -0.2) is 0 Å². The normalized spacial score (nSPS) is 24.7. The molecule has 1 saturated heterocycles. The smallest absolute Gasteiger partial charge is 0.363 e. The van der Waals surface area contributed by atoms with Crippen molar-refractivity contribution in [2.45, 2.75) is 30.2 Å². The molecule has 0 amide bonds. The van der Waals surface area contributed by atoms with E-state index in [1.54, 1.807) is 0 Å². The number of aliphatic imine (C=N–C) groups is 1. The maximum atomic E-state index is 14.3. The average Bonchev–Trinajstić information content (AvgIpc) is 3.27. The van der Waals surface area contributed by atoms with Crippen LogP contribution in [0.3, 0.4) is 0 Å². The van der Waals surface area contributed by atoms with Crippen molar-refractivity contribution >= 4 is 40.5 Å². The summed E-state index contributed by atoms with van der Waals surface area (Å²) >= 11 is 18.0. The van der Waals surface area contributed by atoms with E-state index in [-0.39, 0.29) is 32.7 Å². The van der Waals surface area contributed by atoms with Gasteiger partial charge in [0.1, 0.15) is 11.0 Å². The number of rotatable bonds is 2. The van der Waals surface area contributed by atoms with Crippen LogP contribution in [-0.2, 0) is 22.4 Å². The number of ether oxygens (including phenoxy) is 1. The fourth-order valence-corrected chi connectivity index (χ4v) is 5.07. The fourth-order valence-electron chi connectivity index (χ4n) is 4.48. The summed E-state index contributed by atoms with van der Waals surface area (Å²) < 4.78 is 48.9. The van der Waals surface area contributed by atoms with E-state index in [9.17, 15) is 13.2 Å². The van der Waals surface area contributed by atoms with Crippen LogP contribution in [0.2, 0.25) is 15.1 Å². The zero-order chi connectivity index (χ0) is 21.3. The van der Waals surface area contributed by atoms with Crippen molar-refractivity contribution in [2.24, 2.45) is 4.99 Å². The summed E-state index contributed by atoms with van der Waals surface area (Å²) in [6.45, 7) is 1.51. The Hall–Kier alpha value is -1.31. The summed E-state index contributed by atoms with van der Waals surface area (Å²) in [4.78, 5) is 4.30. The monoisotopic (exact) mass is 474 g/mol. The van der Waals surface area contributed by atoms with Crippen molar-refractivity contribution < 1.29 is 17.9 Å². The summed E-state index contributed by atoms with van der Waals surface area (Å²) in [6, 6.07) is 8.16. The Morgan fingerprint density at radius 2 is 1.73 bits per heavy atom. The van der Waals surface area contributed by atoms with Crippen LogP contribution < -0.4 is 5.32 Å². The van der Waals surface area contributed by atoms with Gasteiger partial charge in [0, 0.05) is 25.2 Å². The van der Waals surface area contributed by atoms with Crippen molar-refractivity contribution in [3.8, 4) is 0 Å². The number of benzene rings is 2. The Morgan fingerprint density at radius 3 is 2.33 bits per heavy atom. The summed E-state index contributed by atoms with van der Waals surface area (Å²) in [7, 11) is 0. The lowest BCUT2D eigenvalue weighted by Gasteiger charge is -2.39. The van der Waals surface area contributed by atoms with E-state index in [1.165, 1.54) is 12.1 Å². The molecule has 1 N–H and O–H groups in total. The van der Waals surface area contributed by atoms with Crippen LogP contribution >= 0.6 is 34.8 Å². The zero-order valence-corrected chi connectivity index (χ0v) is 17.8. The molecule has 3 aliphatic heterocycles. The molecule has 2 aromatic carbocycles. The fraction of sp³-hybridized carbons (Fsp3) is 0.381. The van der Waals surface area contributed by atoms with E-state index in [1.807, 2.05) is 18.2 Å². The Bertz CT molecular complexity index is 1060. The van der Waals surface area contributed by atoms with Crippen LogP contribution in [0.5, 0.6) is 0 Å². The molecule has 0 aromatic heterocycles. The quantitative estimate of drug-likeness (QED) is 0.568. The molecule has 2 aromatic rings. The molecule has 1 fully saturated rings. The molecule has 1 unspecified atom stereocenters. The van der Waals surface area contributed by atoms with Gasteiger partial charge in [-0.3, -0.25) is 4.99 Å². The molecule has 0 radical (unpaired) electrons. The molecule has 0 bridgehead atoms. The third-order valence-electron chi connectivity index (χ3n) is 6.34. The number of hydrogen-bond donors (Lipinski definition) is 1. The highest BCUT2D eigenvalue weighted by Crippen LogP contribution is 2.50. The number of hydrogen-bond acceptors (Lipinski definition) is 3. The first-order valence-electron chi connectivity index (χ1n) is 9.39. The maximum Gasteiger partial charge on any atom is 0.400 e. The van der Waals surface area contributed by atoms with E-state index in [4.69, 9.17) is 39.5 Å². The van der Waals surface area contributed by atoms with Crippen LogP contribution in [0.25, 0.3) is 0 Å². The lowest BCUT2D eigenvalue weighted by Crippen LogP contribution is -2.56. The number of halogens is 6. The van der Waals surface area contributed by atoms with Gasteiger partial charge in [0.25, 0.3) is 0 Å². The van der Waals surface area contributed by atoms with Crippen LogP contribution in [0.15, 0.2) is 35.3 Å². The minimum Gasteiger partial charge on any atom is -0.363 e. The zero-order valence-electron chi connectivity index (χ0n) is 15.5. The molecule has 9 heteroatoms. The SMILES string of the molecule is FC(F)(F)C1(c2cc(Cl)c(Cl)c(Cl)c2)CN=C(c2ccc3c(c2)COC32CNC2)C1. The van der Waals surface area contributed by atoms with Crippen molar-refractivity contribution in [1.29, 1.82) is 0 Å². The molecule has 0 saturated carbocycles. The second-order valence-corrected chi connectivity index (χ2v) is 9.22. The first-order chi connectivity index (χ1) is 14.2. The van der Waals surface area contributed by atoms with Gasteiger partial charge in [0.05, 0.1) is 28.2 Å². The number of nitrogens with one attached hydrogen (secondary N) is 1. The second kappa shape index (κ2) is 6.84. The van der Waals surface area contributed by atoms with E-state index >= 15 is 0 Å². The molecule has 0 aliphatic carbocycles. The molecule has 5 rings (SSSR count). The Balaban J connectivity index is 1.51. The molecule has 3 nitrogen and oxygen atoms in total. The Labute approximate surface area is 186 Å². The van der Waals surface area contributed by atoms with Gasteiger partial charge in [0.2, 0.25) is 0 Å². The van der Waals surface area contributed by atoms with Gasteiger partial charge in [-0.1, -0.05) is 46.9 Å². The topological polar surface area (TPSA) is 33.6 Å². The van der Waals surface area contributed by atoms with Crippen LogP contribution in [-0.4, -0.2) is 31.5 Å². The third kappa shape index (κ3) is 2.92. The van der Waals surface area contributed by atoms with E-state index in [2.05, 4.69) is 10.3 Å². The summed E-state index contributed by atoms with van der Waals surface area (Å²) in [6.07, 6.45) is -4.84. The molecule has 1 spiro atoms. The molecule has 158 valence electrons. The Morgan fingerprint density at radius 1 is 1.03 bits per heavy atom. The van der Waals surface area contributed by atoms with Crippen molar-refractivity contribution in [1.82, 2.24) is 5.32 Å². The molecule has 3 aliphatic rings. The molecule has 1 atom stereocenters. The van der Waals surface area contributed by atoms with E-state index in [0.29, 0.717) is 17.9 Å². The molecular formula is C21H16Cl3F3N2O. The summed E-state index contributed by atoms with van der Waals surface area (Å²) in [5, 5.41) is 3.23. The minimum absolute atomic E-state index is 0.00896. The van der Waals surface area contributed by atoms with Gasteiger partial charge < -0.3 is 10.1 Å². The van der Waals surface area contributed by atoms with Crippen molar-refractivity contribution in [3.05, 3.63) is 67.7 Å². The van der Waals surface area contributed by atoms with E-state index in [0.717, 1.165) is 24.2 Å². The van der Waals surface area contributed by atoms with Crippen LogP contribution in [0.4, 0.5) is 13.2 Å². The van der Waals surface area contributed by atoms with Crippen LogP contribution in [0.1, 0.15) is 28.7 Å². The standard InChI is InChI=1S/C21H16Cl3F3N2O/c22-15-4-13(5-16(23)18(15)24)19(21(25,26)27)6-17(29-8-19)11-1-2-14-12(3-11)7-30-20(14)9-28-10-20/h1-5,28H,6-10H2. The highest BCUT2D eigenvalue weighted by molar-refractivity contribution is 6.48. The van der Waals surface area contributed by atoms with E-state index < -0.39 is 18.1 Å². The maximum absolute atomic E-state index is 14.3. The molecule has 30 heavy (non-hydrogen) atoms. The van der Waals surface area contributed by atoms with Crippen molar-refractivity contribution in [2.75, 3.05) is 19.6 Å². The highest BCUT2D eigenvalue weighted by atomic mass is 35.5. The van der Waals surface area contributed by atoms with Gasteiger partial charge in [0.15, 0.2) is 0 Å². The van der Waals surface area contributed by atoms with Gasteiger partial charge >= 0.3 is 6.18 Å². The predicted molar refractivity (Wildman–Crippen MR) is 111 cm³/mol. The van der Waals surface area contributed by atoms with Crippen molar-refractivity contribution in [3.63, 3.8) is 0 Å². The molecular weight excluding hydrogens is 460 g/mol. The van der Waals surface area contributed by atoms with Gasteiger partial charge in [-0.2, -0.15) is 13.2 Å². The number of alkyl halides is 3. The predicted octanol–water partition coefficient (Wildman–Crippen LogP) is 5.67. The summed E-state index contributed by atoms with van der Waals surface area (Å²) in [5.41, 5.74) is 0.661. The molecule has 3 heterocycles. The first kappa shape index (κ1) is 20.6. The average molecular weight is 476 g/mol. The minimum atomic E-state index is -4.54. The lowest BCUT2D eigenvalue weighted by molar-refractivity contribution is -0.183. The number of fused-ring (bicyclic) bond motifs is 2. The summed E-state index contributed by atoms with van der Waals surface area (Å²) in [5.74, 6) is 0. The first-order valence-corrected chi connectivity index (χ1v) is 10.5. The Kier molecular flexibility index (Phi) is 4.70. The highest BCUT2D eigenvalue weighted by Gasteiger charge is 2.58.